The van der Waals surface area contributed by atoms with Crippen molar-refractivity contribution >= 4 is 5.90 Å². The molecule has 0 bridgehead atoms. The molecule has 0 aromatic heterocycles. The zero-order valence-corrected chi connectivity index (χ0v) is 7.14. The molecule has 0 aliphatic rings. The zero-order valence-electron chi connectivity index (χ0n) is 7.14. The maximum atomic E-state index is 5.00. The van der Waals surface area contributed by atoms with Gasteiger partial charge in [-0.1, -0.05) is 13.0 Å². The molecule has 58 valence electrons. The fourth-order valence-corrected chi connectivity index (χ4v) is 0.822. The molecule has 0 rings (SSSR count). The van der Waals surface area contributed by atoms with Crippen molar-refractivity contribution in [1.82, 2.24) is 0 Å². The Kier molecular flexibility index (Phi) is 4.63. The Morgan fingerprint density at radius 2 is 2.20 bits per heavy atom. The highest BCUT2D eigenvalue weighted by atomic mass is 16.5. The maximum Gasteiger partial charge on any atom is 0.210 e. The van der Waals surface area contributed by atoms with Crippen molar-refractivity contribution in [3.63, 3.8) is 0 Å². The summed E-state index contributed by atoms with van der Waals surface area (Å²) in [5.41, 5.74) is 1.10. The Balaban J connectivity index is 4.16. The lowest BCUT2D eigenvalue weighted by Gasteiger charge is -2.02. The van der Waals surface area contributed by atoms with Crippen molar-refractivity contribution < 1.29 is 4.74 Å². The van der Waals surface area contributed by atoms with Crippen LogP contribution in [0.25, 0.3) is 0 Å². The predicted octanol–water partition coefficient (Wildman–Crippen LogP) is 2.02. The van der Waals surface area contributed by atoms with E-state index in [9.17, 15) is 0 Å². The van der Waals surface area contributed by atoms with Crippen LogP contribution in [0.2, 0.25) is 0 Å². The first-order valence-corrected chi connectivity index (χ1v) is 3.44. The van der Waals surface area contributed by atoms with Crippen LogP contribution >= 0.6 is 0 Å². The molecule has 0 saturated carbocycles. The smallest absolute Gasteiger partial charge is 0.210 e. The van der Waals surface area contributed by atoms with Gasteiger partial charge >= 0.3 is 0 Å². The third-order valence-corrected chi connectivity index (χ3v) is 1.24. The number of rotatable bonds is 2. The first-order chi connectivity index (χ1) is 4.76. The first-order valence-electron chi connectivity index (χ1n) is 3.44. The molecule has 0 saturated heterocycles. The maximum absolute atomic E-state index is 5.00. The Bertz CT molecular complexity index is 147. The average molecular weight is 141 g/mol. The number of aliphatic imine (C=N–C) groups is 1. The molecule has 0 aromatic rings. The van der Waals surface area contributed by atoms with Gasteiger partial charge in [0.25, 0.3) is 0 Å². The van der Waals surface area contributed by atoms with Gasteiger partial charge in [0.05, 0.1) is 7.11 Å². The summed E-state index contributed by atoms with van der Waals surface area (Å²) >= 11 is 0. The van der Waals surface area contributed by atoms with Crippen LogP contribution in [0.3, 0.4) is 0 Å². The fourth-order valence-electron chi connectivity index (χ4n) is 0.822. The molecule has 0 N–H and O–H groups in total. The van der Waals surface area contributed by atoms with Gasteiger partial charge in [-0.25, -0.2) is 0 Å². The molecular weight excluding hydrogens is 126 g/mol. The van der Waals surface area contributed by atoms with E-state index < -0.39 is 0 Å². The third kappa shape index (κ3) is 2.67. The van der Waals surface area contributed by atoms with Crippen LogP contribution in [0, 0.1) is 0 Å². The minimum Gasteiger partial charge on any atom is -0.481 e. The Morgan fingerprint density at radius 1 is 1.60 bits per heavy atom. The van der Waals surface area contributed by atoms with Gasteiger partial charge in [-0.05, 0) is 13.3 Å². The van der Waals surface area contributed by atoms with Crippen LogP contribution in [0.5, 0.6) is 0 Å². The number of hydrogen-bond acceptors (Lipinski definition) is 2. The van der Waals surface area contributed by atoms with Gasteiger partial charge < -0.3 is 4.74 Å². The highest BCUT2D eigenvalue weighted by Crippen LogP contribution is 1.98. The topological polar surface area (TPSA) is 21.6 Å². The summed E-state index contributed by atoms with van der Waals surface area (Å²) < 4.78 is 5.00. The van der Waals surface area contributed by atoms with Gasteiger partial charge in [0.2, 0.25) is 5.90 Å². The van der Waals surface area contributed by atoms with Crippen molar-refractivity contribution in [2.75, 3.05) is 14.2 Å². The van der Waals surface area contributed by atoms with Crippen LogP contribution in [-0.2, 0) is 4.74 Å². The van der Waals surface area contributed by atoms with Crippen LogP contribution in [0.15, 0.2) is 16.6 Å². The van der Waals surface area contributed by atoms with Gasteiger partial charge in [0, 0.05) is 12.6 Å². The molecule has 0 aromatic carbocycles. The number of allylic oxidation sites excluding steroid dienone is 1. The second kappa shape index (κ2) is 5.03. The van der Waals surface area contributed by atoms with Crippen LogP contribution in [-0.4, -0.2) is 20.1 Å². The standard InChI is InChI=1S/C8H15NO/c1-5-6-7(2)8(9-3)10-4/h6H,5H2,1-4H3/b7-6-,9-8?. The number of nitrogens with zero attached hydrogens (tertiary/aromatic N) is 1. The molecule has 10 heavy (non-hydrogen) atoms. The lowest BCUT2D eigenvalue weighted by Crippen LogP contribution is -2.02. The number of hydrogen-bond donors (Lipinski definition) is 0. The first kappa shape index (κ1) is 9.21. The van der Waals surface area contributed by atoms with Crippen molar-refractivity contribution in [2.24, 2.45) is 4.99 Å². The summed E-state index contributed by atoms with van der Waals surface area (Å²) in [6.45, 7) is 4.09. The van der Waals surface area contributed by atoms with Gasteiger partial charge in [-0.15, -0.1) is 0 Å². The normalized spacial score (nSPS) is 13.6. The second-order valence-corrected chi connectivity index (χ2v) is 2.03. The van der Waals surface area contributed by atoms with Crippen LogP contribution < -0.4 is 0 Å². The molecule has 0 aliphatic heterocycles. The van der Waals surface area contributed by atoms with E-state index in [0.29, 0.717) is 0 Å². The van der Waals surface area contributed by atoms with E-state index in [4.69, 9.17) is 4.74 Å². The van der Waals surface area contributed by atoms with E-state index in [1.54, 1.807) is 14.2 Å². The van der Waals surface area contributed by atoms with E-state index in [1.165, 1.54) is 0 Å². The summed E-state index contributed by atoms with van der Waals surface area (Å²) in [6.07, 6.45) is 3.11. The van der Waals surface area contributed by atoms with E-state index in [0.717, 1.165) is 17.9 Å². The van der Waals surface area contributed by atoms with E-state index in [1.807, 2.05) is 6.92 Å². The van der Waals surface area contributed by atoms with Crippen LogP contribution in [0.1, 0.15) is 20.3 Å². The largest absolute Gasteiger partial charge is 0.481 e. The molecule has 2 nitrogen and oxygen atoms in total. The van der Waals surface area contributed by atoms with Gasteiger partial charge in [0.15, 0.2) is 0 Å². The lowest BCUT2D eigenvalue weighted by molar-refractivity contribution is 0.402. The summed E-state index contributed by atoms with van der Waals surface area (Å²) in [6, 6.07) is 0. The molecule has 0 atom stereocenters. The Morgan fingerprint density at radius 3 is 2.50 bits per heavy atom. The third-order valence-electron chi connectivity index (χ3n) is 1.24. The van der Waals surface area contributed by atoms with E-state index in [-0.39, 0.29) is 0 Å². The Labute approximate surface area is 62.6 Å². The fraction of sp³-hybridized carbons (Fsp3) is 0.625. The monoisotopic (exact) mass is 141 g/mol. The molecule has 0 spiro atoms. The van der Waals surface area contributed by atoms with Crippen molar-refractivity contribution in [1.29, 1.82) is 0 Å². The highest BCUT2D eigenvalue weighted by Gasteiger charge is 1.96. The average Bonchev–Trinajstić information content (AvgIpc) is 1.91. The summed E-state index contributed by atoms with van der Waals surface area (Å²) in [5.74, 6) is 0.724. The van der Waals surface area contributed by atoms with Gasteiger partial charge in [0.1, 0.15) is 0 Å². The summed E-state index contributed by atoms with van der Waals surface area (Å²) in [5, 5.41) is 0. The SMILES string of the molecule is CC/C=C(/C)C(=NC)OC. The Hall–Kier alpha value is -0.790. The number of methoxy groups -OCH3 is 1. The number of ether oxygens (including phenoxy) is 1. The van der Waals surface area contributed by atoms with Crippen LogP contribution in [0.4, 0.5) is 0 Å². The van der Waals surface area contributed by atoms with E-state index in [2.05, 4.69) is 18.0 Å². The molecule has 2 heteroatoms. The molecule has 0 amide bonds. The van der Waals surface area contributed by atoms with Crippen molar-refractivity contribution in [3.8, 4) is 0 Å². The second-order valence-electron chi connectivity index (χ2n) is 2.03. The highest BCUT2D eigenvalue weighted by molar-refractivity contribution is 5.92. The molecule has 0 aliphatic carbocycles. The van der Waals surface area contributed by atoms with Gasteiger partial charge in [-0.2, -0.15) is 0 Å². The summed E-state index contributed by atoms with van der Waals surface area (Å²) in [7, 11) is 3.36. The summed E-state index contributed by atoms with van der Waals surface area (Å²) in [4.78, 5) is 3.95. The van der Waals surface area contributed by atoms with Crippen molar-refractivity contribution in [2.45, 2.75) is 20.3 Å². The minimum absolute atomic E-state index is 0.724. The molecule has 0 unspecified atom stereocenters. The predicted molar refractivity (Wildman–Crippen MR) is 44.4 cm³/mol. The van der Waals surface area contributed by atoms with E-state index >= 15 is 0 Å². The zero-order chi connectivity index (χ0) is 7.98. The molecule has 0 radical (unpaired) electrons. The lowest BCUT2D eigenvalue weighted by atomic mass is 10.2. The quantitative estimate of drug-likeness (QED) is 0.426. The van der Waals surface area contributed by atoms with Crippen molar-refractivity contribution in [3.05, 3.63) is 11.6 Å². The molecular formula is C8H15NO. The van der Waals surface area contributed by atoms with Gasteiger partial charge in [-0.3, -0.25) is 4.99 Å². The minimum atomic E-state index is 0.724. The molecule has 0 heterocycles. The molecule has 0 fully saturated rings.